The number of esters is 1. The molecule has 0 spiro atoms. The Bertz CT molecular complexity index is 1250. The van der Waals surface area contributed by atoms with Crippen molar-refractivity contribution in [2.45, 2.75) is 20.3 Å². The summed E-state index contributed by atoms with van der Waals surface area (Å²) >= 11 is 0. The molecule has 0 radical (unpaired) electrons. The van der Waals surface area contributed by atoms with Gasteiger partial charge in [-0.1, -0.05) is 12.1 Å². The van der Waals surface area contributed by atoms with Gasteiger partial charge in [0, 0.05) is 31.7 Å². The van der Waals surface area contributed by atoms with Crippen LogP contribution < -0.4 is 4.74 Å². The van der Waals surface area contributed by atoms with Crippen molar-refractivity contribution >= 4 is 17.8 Å². The predicted molar refractivity (Wildman–Crippen MR) is 134 cm³/mol. The monoisotopic (exact) mass is 490 g/mol. The van der Waals surface area contributed by atoms with Gasteiger partial charge in [0.2, 0.25) is 0 Å². The highest BCUT2D eigenvalue weighted by atomic mass is 16.5. The lowest BCUT2D eigenvalue weighted by atomic mass is 10.1. The largest absolute Gasteiger partial charge is 0.496 e. The third-order valence-corrected chi connectivity index (χ3v) is 6.27. The summed E-state index contributed by atoms with van der Waals surface area (Å²) in [7, 11) is 1.55. The highest BCUT2D eigenvalue weighted by molar-refractivity contribution is 5.97. The van der Waals surface area contributed by atoms with Crippen LogP contribution in [0.4, 0.5) is 0 Å². The lowest BCUT2D eigenvalue weighted by Crippen LogP contribution is -2.37. The van der Waals surface area contributed by atoms with E-state index in [1.165, 1.54) is 6.20 Å². The summed E-state index contributed by atoms with van der Waals surface area (Å²) in [6.45, 7) is 5.88. The molecule has 0 unspecified atom stereocenters. The summed E-state index contributed by atoms with van der Waals surface area (Å²) in [6.07, 6.45) is 2.18. The van der Waals surface area contributed by atoms with Crippen molar-refractivity contribution in [2.75, 3.05) is 39.9 Å². The smallest absolute Gasteiger partial charge is 0.341 e. The third kappa shape index (κ3) is 5.10. The van der Waals surface area contributed by atoms with E-state index in [0.29, 0.717) is 67.3 Å². The summed E-state index contributed by atoms with van der Waals surface area (Å²) in [5, 5.41) is 4.30. The molecule has 0 aliphatic carbocycles. The number of amides is 2. The van der Waals surface area contributed by atoms with Crippen LogP contribution in [0.1, 0.15) is 50.1 Å². The second-order valence-corrected chi connectivity index (χ2v) is 8.46. The molecule has 1 saturated heterocycles. The van der Waals surface area contributed by atoms with Gasteiger partial charge in [0.15, 0.2) is 0 Å². The lowest BCUT2D eigenvalue weighted by molar-refractivity contribution is 0.0525. The highest BCUT2D eigenvalue weighted by Crippen LogP contribution is 2.21. The Balaban J connectivity index is 1.43. The Labute approximate surface area is 210 Å². The molecule has 2 aromatic carbocycles. The predicted octanol–water partition coefficient (Wildman–Crippen LogP) is 3.35. The van der Waals surface area contributed by atoms with Crippen LogP contribution in [0.5, 0.6) is 5.75 Å². The first kappa shape index (κ1) is 25.0. The zero-order valence-corrected chi connectivity index (χ0v) is 20.8. The number of hydrogen-bond acceptors (Lipinski definition) is 6. The fraction of sp³-hybridized carbons (Fsp3) is 0.333. The molecule has 3 aromatic rings. The SMILES string of the molecule is CCOC(=O)c1cnn(-c2ccc(C(=O)N3CCCN(C(=O)c4ccccc4OC)CC3)cc2)c1C. The number of carbonyl (C=O) groups is 3. The number of ether oxygens (including phenoxy) is 2. The maximum Gasteiger partial charge on any atom is 0.341 e. The van der Waals surface area contributed by atoms with Gasteiger partial charge in [-0.05, 0) is 56.7 Å². The number of benzene rings is 2. The van der Waals surface area contributed by atoms with Crippen LogP contribution in [0.3, 0.4) is 0 Å². The lowest BCUT2D eigenvalue weighted by Gasteiger charge is -2.23. The van der Waals surface area contributed by atoms with E-state index in [9.17, 15) is 14.4 Å². The Morgan fingerprint density at radius 1 is 0.889 bits per heavy atom. The standard InChI is InChI=1S/C27H30N4O5/c1-4-36-27(34)23-18-28-31(19(23)2)21-12-10-20(11-13-21)25(32)29-14-7-15-30(17-16-29)26(33)22-8-5-6-9-24(22)35-3/h5-6,8-13,18H,4,7,14-17H2,1-3H3. The quantitative estimate of drug-likeness (QED) is 0.492. The molecule has 0 bridgehead atoms. The molecule has 0 saturated carbocycles. The second kappa shape index (κ2) is 11.1. The van der Waals surface area contributed by atoms with Crippen LogP contribution >= 0.6 is 0 Å². The Hall–Kier alpha value is -4.14. The maximum absolute atomic E-state index is 13.2. The van der Waals surface area contributed by atoms with E-state index < -0.39 is 5.97 Å². The molecule has 2 heterocycles. The maximum atomic E-state index is 13.2. The van der Waals surface area contributed by atoms with Crippen molar-refractivity contribution < 1.29 is 23.9 Å². The van der Waals surface area contributed by atoms with E-state index >= 15 is 0 Å². The number of aromatic nitrogens is 2. The minimum Gasteiger partial charge on any atom is -0.496 e. The summed E-state index contributed by atoms with van der Waals surface area (Å²) in [4.78, 5) is 41.9. The van der Waals surface area contributed by atoms with E-state index in [2.05, 4.69) is 5.10 Å². The average Bonchev–Trinajstić information content (AvgIpc) is 3.12. The van der Waals surface area contributed by atoms with Crippen molar-refractivity contribution in [3.05, 3.63) is 77.1 Å². The number of hydrogen-bond donors (Lipinski definition) is 0. The zero-order chi connectivity index (χ0) is 25.7. The van der Waals surface area contributed by atoms with Gasteiger partial charge in [0.25, 0.3) is 11.8 Å². The Morgan fingerprint density at radius 3 is 2.22 bits per heavy atom. The van der Waals surface area contributed by atoms with Crippen LogP contribution in [0.25, 0.3) is 5.69 Å². The number of nitrogens with zero attached hydrogens (tertiary/aromatic N) is 4. The van der Waals surface area contributed by atoms with E-state index in [1.807, 2.05) is 12.1 Å². The molecule has 188 valence electrons. The van der Waals surface area contributed by atoms with Crippen molar-refractivity contribution in [1.82, 2.24) is 19.6 Å². The van der Waals surface area contributed by atoms with Crippen molar-refractivity contribution in [3.63, 3.8) is 0 Å². The molecule has 1 aliphatic heterocycles. The number of carbonyl (C=O) groups excluding carboxylic acids is 3. The minimum absolute atomic E-state index is 0.0856. The fourth-order valence-corrected chi connectivity index (χ4v) is 4.32. The molecule has 9 nitrogen and oxygen atoms in total. The third-order valence-electron chi connectivity index (χ3n) is 6.27. The first-order valence-corrected chi connectivity index (χ1v) is 12.0. The van der Waals surface area contributed by atoms with Crippen molar-refractivity contribution in [3.8, 4) is 11.4 Å². The van der Waals surface area contributed by atoms with Gasteiger partial charge in [-0.15, -0.1) is 0 Å². The molecule has 0 N–H and O–H groups in total. The summed E-state index contributed by atoms with van der Waals surface area (Å²) in [6, 6.07) is 14.3. The molecule has 1 fully saturated rings. The normalized spacial score (nSPS) is 13.8. The molecular weight excluding hydrogens is 460 g/mol. The van der Waals surface area contributed by atoms with E-state index in [1.54, 1.807) is 71.8 Å². The number of para-hydroxylation sites is 1. The van der Waals surface area contributed by atoms with Crippen LogP contribution in [-0.4, -0.2) is 77.3 Å². The fourth-order valence-electron chi connectivity index (χ4n) is 4.32. The van der Waals surface area contributed by atoms with Gasteiger partial charge in [0.05, 0.1) is 36.9 Å². The van der Waals surface area contributed by atoms with Gasteiger partial charge in [-0.25, -0.2) is 9.48 Å². The topological polar surface area (TPSA) is 94.0 Å². The molecule has 36 heavy (non-hydrogen) atoms. The van der Waals surface area contributed by atoms with E-state index in [0.717, 1.165) is 5.69 Å². The van der Waals surface area contributed by atoms with Gasteiger partial charge in [0.1, 0.15) is 11.3 Å². The molecule has 4 rings (SSSR count). The Morgan fingerprint density at radius 2 is 1.56 bits per heavy atom. The van der Waals surface area contributed by atoms with Crippen LogP contribution in [0.2, 0.25) is 0 Å². The summed E-state index contributed by atoms with van der Waals surface area (Å²) in [5.41, 5.74) is 2.90. The first-order valence-electron chi connectivity index (χ1n) is 12.0. The zero-order valence-electron chi connectivity index (χ0n) is 20.8. The molecule has 9 heteroatoms. The van der Waals surface area contributed by atoms with Crippen molar-refractivity contribution in [1.29, 1.82) is 0 Å². The van der Waals surface area contributed by atoms with Gasteiger partial charge >= 0.3 is 5.97 Å². The van der Waals surface area contributed by atoms with E-state index in [4.69, 9.17) is 9.47 Å². The molecule has 0 atom stereocenters. The summed E-state index contributed by atoms with van der Waals surface area (Å²) < 4.78 is 12.1. The molecule has 1 aromatic heterocycles. The van der Waals surface area contributed by atoms with Gasteiger partial charge in [-0.3, -0.25) is 9.59 Å². The number of rotatable bonds is 6. The molecule has 2 amide bonds. The summed E-state index contributed by atoms with van der Waals surface area (Å²) in [5.74, 6) is -0.0468. The van der Waals surface area contributed by atoms with Crippen LogP contribution in [-0.2, 0) is 4.74 Å². The van der Waals surface area contributed by atoms with Gasteiger partial charge < -0.3 is 19.3 Å². The van der Waals surface area contributed by atoms with Gasteiger partial charge in [-0.2, -0.15) is 5.10 Å². The molecule has 1 aliphatic rings. The average molecular weight is 491 g/mol. The molecular formula is C27H30N4O5. The Kier molecular flexibility index (Phi) is 7.68. The first-order chi connectivity index (χ1) is 17.4. The second-order valence-electron chi connectivity index (χ2n) is 8.46. The highest BCUT2D eigenvalue weighted by Gasteiger charge is 2.25. The number of methoxy groups -OCH3 is 1. The van der Waals surface area contributed by atoms with E-state index in [-0.39, 0.29) is 11.8 Å². The van der Waals surface area contributed by atoms with Crippen LogP contribution in [0, 0.1) is 6.92 Å². The van der Waals surface area contributed by atoms with Crippen LogP contribution in [0.15, 0.2) is 54.7 Å². The minimum atomic E-state index is -0.410. The van der Waals surface area contributed by atoms with Crippen molar-refractivity contribution in [2.24, 2.45) is 0 Å².